The maximum absolute atomic E-state index is 12.1. The number of hydrogen-bond acceptors (Lipinski definition) is 4. The third-order valence-corrected chi connectivity index (χ3v) is 4.65. The van der Waals surface area contributed by atoms with E-state index in [4.69, 9.17) is 16.7 Å². The Balaban J connectivity index is 1.99. The van der Waals surface area contributed by atoms with Gasteiger partial charge in [0.1, 0.15) is 0 Å². The molecule has 7 heteroatoms. The van der Waals surface area contributed by atoms with Gasteiger partial charge in [-0.2, -0.15) is 11.8 Å². The van der Waals surface area contributed by atoms with Crippen molar-refractivity contribution in [3.8, 4) is 0 Å². The molecule has 21 heavy (non-hydrogen) atoms. The van der Waals surface area contributed by atoms with Crippen molar-refractivity contribution in [2.75, 3.05) is 30.7 Å². The van der Waals surface area contributed by atoms with Crippen LogP contribution in [-0.4, -0.2) is 52.5 Å². The van der Waals surface area contributed by atoms with Crippen LogP contribution in [0, 0.1) is 0 Å². The normalized spacial score (nSPS) is 19.2. The van der Waals surface area contributed by atoms with Crippen LogP contribution >= 0.6 is 23.4 Å². The Morgan fingerprint density at radius 1 is 1.52 bits per heavy atom. The molecule has 2 N–H and O–H groups in total. The highest BCUT2D eigenvalue weighted by atomic mass is 35.5. The second-order valence-electron chi connectivity index (χ2n) is 4.96. The van der Waals surface area contributed by atoms with E-state index >= 15 is 0 Å². The van der Waals surface area contributed by atoms with Gasteiger partial charge in [0.2, 0.25) is 5.91 Å². The number of nitrogens with zero attached hydrogens (tertiary/aromatic N) is 1. The molecule has 0 aliphatic carbocycles. The first-order chi connectivity index (χ1) is 9.95. The Hall–Kier alpha value is -1.24. The Morgan fingerprint density at radius 2 is 2.29 bits per heavy atom. The molecule has 1 aliphatic rings. The molecular weight excluding hydrogens is 312 g/mol. The summed E-state index contributed by atoms with van der Waals surface area (Å²) in [6, 6.07) is 4.25. The zero-order valence-corrected chi connectivity index (χ0v) is 13.2. The highest BCUT2D eigenvalue weighted by Gasteiger charge is 2.19. The summed E-state index contributed by atoms with van der Waals surface area (Å²) in [6.07, 6.45) is 0. The van der Waals surface area contributed by atoms with Crippen molar-refractivity contribution in [2.45, 2.75) is 12.2 Å². The molecule has 1 aromatic rings. The quantitative estimate of drug-likeness (QED) is 0.888. The van der Waals surface area contributed by atoms with E-state index in [1.54, 1.807) is 0 Å². The van der Waals surface area contributed by atoms with Crippen molar-refractivity contribution in [2.24, 2.45) is 0 Å². The molecule has 0 aromatic heterocycles. The second-order valence-corrected chi connectivity index (χ2v) is 6.92. The summed E-state index contributed by atoms with van der Waals surface area (Å²) in [5, 5.41) is 12.5. The molecule has 1 aliphatic heterocycles. The van der Waals surface area contributed by atoms with Gasteiger partial charge in [-0.3, -0.25) is 9.69 Å². The van der Waals surface area contributed by atoms with Gasteiger partial charge in [0.25, 0.3) is 0 Å². The summed E-state index contributed by atoms with van der Waals surface area (Å²) < 4.78 is 0. The van der Waals surface area contributed by atoms with Crippen LogP contribution in [0.4, 0.5) is 5.69 Å². The topological polar surface area (TPSA) is 69.6 Å². The molecule has 5 nitrogen and oxygen atoms in total. The second kappa shape index (κ2) is 7.15. The Morgan fingerprint density at radius 3 is 2.95 bits per heavy atom. The molecule has 0 bridgehead atoms. The summed E-state index contributed by atoms with van der Waals surface area (Å²) in [5.41, 5.74) is 0.429. The number of rotatable bonds is 4. The van der Waals surface area contributed by atoms with E-state index < -0.39 is 5.97 Å². The Bertz CT molecular complexity index is 553. The zero-order valence-electron chi connectivity index (χ0n) is 11.6. The first-order valence-corrected chi connectivity index (χ1v) is 8.05. The molecule has 0 spiro atoms. The van der Waals surface area contributed by atoms with Crippen LogP contribution in [0.25, 0.3) is 0 Å². The number of benzene rings is 1. The number of halogens is 1. The van der Waals surface area contributed by atoms with Crippen molar-refractivity contribution in [1.82, 2.24) is 4.90 Å². The number of carboxylic acid groups (broad SMARTS) is 1. The lowest BCUT2D eigenvalue weighted by atomic mass is 10.2. The van der Waals surface area contributed by atoms with Crippen molar-refractivity contribution in [3.63, 3.8) is 0 Å². The van der Waals surface area contributed by atoms with Gasteiger partial charge in [-0.1, -0.05) is 18.5 Å². The lowest BCUT2D eigenvalue weighted by Gasteiger charge is -2.29. The van der Waals surface area contributed by atoms with E-state index in [2.05, 4.69) is 17.1 Å². The van der Waals surface area contributed by atoms with E-state index in [1.165, 1.54) is 18.2 Å². The highest BCUT2D eigenvalue weighted by Crippen LogP contribution is 2.23. The largest absolute Gasteiger partial charge is 0.478 e. The van der Waals surface area contributed by atoms with Crippen LogP contribution in [0.3, 0.4) is 0 Å². The van der Waals surface area contributed by atoms with Gasteiger partial charge in [-0.25, -0.2) is 4.79 Å². The van der Waals surface area contributed by atoms with Gasteiger partial charge in [0.05, 0.1) is 22.8 Å². The average Bonchev–Trinajstić information content (AvgIpc) is 2.41. The van der Waals surface area contributed by atoms with Gasteiger partial charge in [0.15, 0.2) is 0 Å². The van der Waals surface area contributed by atoms with Crippen molar-refractivity contribution in [3.05, 3.63) is 28.8 Å². The molecule has 1 heterocycles. The molecule has 1 atom stereocenters. The van der Waals surface area contributed by atoms with Crippen LogP contribution in [0.1, 0.15) is 17.3 Å². The summed E-state index contributed by atoms with van der Waals surface area (Å²) in [4.78, 5) is 25.1. The number of amides is 1. The SMILES string of the molecule is CC1CN(CC(=O)Nc2cc(C(=O)O)ccc2Cl)CCS1. The van der Waals surface area contributed by atoms with Crippen molar-refractivity contribution < 1.29 is 14.7 Å². The van der Waals surface area contributed by atoms with Crippen LogP contribution in [0.15, 0.2) is 18.2 Å². The van der Waals surface area contributed by atoms with Gasteiger partial charge < -0.3 is 10.4 Å². The first-order valence-electron chi connectivity index (χ1n) is 6.62. The number of anilines is 1. The molecule has 1 unspecified atom stereocenters. The third kappa shape index (κ3) is 4.62. The van der Waals surface area contributed by atoms with Crippen LogP contribution in [-0.2, 0) is 4.79 Å². The predicted molar refractivity (Wildman–Crippen MR) is 85.4 cm³/mol. The first kappa shape index (κ1) is 16.1. The lowest BCUT2D eigenvalue weighted by Crippen LogP contribution is -2.41. The number of carbonyl (C=O) groups is 2. The summed E-state index contributed by atoms with van der Waals surface area (Å²) in [7, 11) is 0. The summed E-state index contributed by atoms with van der Waals surface area (Å²) in [5.74, 6) is -0.216. The minimum absolute atomic E-state index is 0.0951. The highest BCUT2D eigenvalue weighted by molar-refractivity contribution is 7.99. The van der Waals surface area contributed by atoms with Crippen molar-refractivity contribution in [1.29, 1.82) is 0 Å². The van der Waals surface area contributed by atoms with Crippen LogP contribution in [0.5, 0.6) is 0 Å². The standard InChI is InChI=1S/C14H17ClN2O3S/c1-9-7-17(4-5-21-9)8-13(18)16-12-6-10(14(19)20)2-3-11(12)15/h2-3,6,9H,4-5,7-8H2,1H3,(H,16,18)(H,19,20). The minimum Gasteiger partial charge on any atom is -0.478 e. The molecule has 1 amide bonds. The van der Waals surface area contributed by atoms with Gasteiger partial charge in [0, 0.05) is 24.1 Å². The number of thioether (sulfide) groups is 1. The number of nitrogens with one attached hydrogen (secondary N) is 1. The molecule has 114 valence electrons. The van der Waals surface area contributed by atoms with Gasteiger partial charge in [-0.05, 0) is 18.2 Å². The number of aromatic carboxylic acids is 1. The average molecular weight is 329 g/mol. The van der Waals surface area contributed by atoms with Gasteiger partial charge >= 0.3 is 5.97 Å². The smallest absolute Gasteiger partial charge is 0.335 e. The minimum atomic E-state index is -1.05. The Labute approximate surface area is 132 Å². The maximum atomic E-state index is 12.1. The number of carbonyl (C=O) groups excluding carboxylic acids is 1. The van der Waals surface area contributed by atoms with Crippen LogP contribution in [0.2, 0.25) is 5.02 Å². The summed E-state index contributed by atoms with van der Waals surface area (Å²) >= 11 is 7.89. The van der Waals surface area contributed by atoms with E-state index in [9.17, 15) is 9.59 Å². The summed E-state index contributed by atoms with van der Waals surface area (Å²) in [6.45, 7) is 4.19. The molecule has 2 rings (SSSR count). The fourth-order valence-corrected chi connectivity index (χ4v) is 3.43. The molecule has 1 aromatic carbocycles. The predicted octanol–water partition coefficient (Wildman–Crippen LogP) is 2.41. The fourth-order valence-electron chi connectivity index (χ4n) is 2.18. The van der Waals surface area contributed by atoms with E-state index in [1.807, 2.05) is 11.8 Å². The third-order valence-electron chi connectivity index (χ3n) is 3.18. The molecule has 1 fully saturated rings. The molecule has 0 radical (unpaired) electrons. The molecular formula is C14H17ClN2O3S. The van der Waals surface area contributed by atoms with E-state index in [-0.39, 0.29) is 11.5 Å². The zero-order chi connectivity index (χ0) is 15.4. The molecule has 0 saturated carbocycles. The lowest BCUT2D eigenvalue weighted by molar-refractivity contribution is -0.117. The number of hydrogen-bond donors (Lipinski definition) is 2. The monoisotopic (exact) mass is 328 g/mol. The maximum Gasteiger partial charge on any atom is 0.335 e. The number of carboxylic acids is 1. The molecule has 1 saturated heterocycles. The Kier molecular flexibility index (Phi) is 5.50. The van der Waals surface area contributed by atoms with Gasteiger partial charge in [-0.15, -0.1) is 0 Å². The van der Waals surface area contributed by atoms with Crippen molar-refractivity contribution >= 4 is 40.9 Å². The van der Waals surface area contributed by atoms with Crippen LogP contribution < -0.4 is 5.32 Å². The van der Waals surface area contributed by atoms with E-state index in [0.29, 0.717) is 22.5 Å². The fraction of sp³-hybridized carbons (Fsp3) is 0.429. The van der Waals surface area contributed by atoms with E-state index in [0.717, 1.165) is 18.8 Å².